The van der Waals surface area contributed by atoms with Gasteiger partial charge in [0.2, 0.25) is 0 Å². The minimum absolute atomic E-state index is 0. The smallest absolute Gasteiger partial charge is 0.259 e. The molecule has 174 valence electrons. The molecule has 2 N–H and O–H groups in total. The number of hydrogen-bond acceptors (Lipinski definition) is 5. The van der Waals surface area contributed by atoms with Gasteiger partial charge in [0, 0.05) is 58.6 Å². The average molecular weight is 477 g/mol. The van der Waals surface area contributed by atoms with Crippen LogP contribution in [0.25, 0.3) is 33.0 Å². The van der Waals surface area contributed by atoms with Crippen molar-refractivity contribution in [3.05, 3.63) is 66.3 Å². The summed E-state index contributed by atoms with van der Waals surface area (Å²) in [4.78, 5) is 30.4. The number of amides is 2. The number of imide groups is 1. The van der Waals surface area contributed by atoms with Crippen LogP contribution in [0.1, 0.15) is 37.4 Å². The third kappa shape index (κ3) is 3.27. The van der Waals surface area contributed by atoms with E-state index in [1.165, 1.54) is 0 Å². The van der Waals surface area contributed by atoms with Crippen molar-refractivity contribution in [2.24, 2.45) is 5.41 Å². The van der Waals surface area contributed by atoms with Gasteiger partial charge in [0.1, 0.15) is 5.58 Å². The summed E-state index contributed by atoms with van der Waals surface area (Å²) in [5.74, 6) is -0.828. The number of pyridine rings is 1. The van der Waals surface area contributed by atoms with E-state index in [1.54, 1.807) is 24.7 Å². The first-order valence-electron chi connectivity index (χ1n) is 11.2. The summed E-state index contributed by atoms with van der Waals surface area (Å²) in [6, 6.07) is 10.1. The Labute approximate surface area is 202 Å². The van der Waals surface area contributed by atoms with Crippen molar-refractivity contribution in [2.45, 2.75) is 26.3 Å². The van der Waals surface area contributed by atoms with Crippen LogP contribution in [0.2, 0.25) is 0 Å². The molecule has 8 heteroatoms. The number of benzene rings is 1. The molecule has 6 rings (SSSR count). The number of fused-ring (bicyclic) bond motifs is 2. The van der Waals surface area contributed by atoms with Crippen LogP contribution < -0.4 is 10.6 Å². The zero-order valence-electron chi connectivity index (χ0n) is 18.9. The summed E-state index contributed by atoms with van der Waals surface area (Å²) >= 11 is 0. The highest BCUT2D eigenvalue weighted by Crippen LogP contribution is 2.42. The number of aromatic nitrogens is 2. The van der Waals surface area contributed by atoms with Gasteiger partial charge in [-0.15, -0.1) is 12.4 Å². The fraction of sp³-hybridized carbons (Fsp3) is 0.269. The second-order valence-electron chi connectivity index (χ2n) is 9.50. The second kappa shape index (κ2) is 8.11. The molecular weight excluding hydrogens is 452 g/mol. The van der Waals surface area contributed by atoms with Crippen LogP contribution >= 0.6 is 12.4 Å². The van der Waals surface area contributed by atoms with Crippen LogP contribution in [-0.4, -0.2) is 34.5 Å². The monoisotopic (exact) mass is 476 g/mol. The minimum Gasteiger partial charge on any atom is -0.464 e. The number of carbonyl (C=O) groups excluding carboxylic acids is 2. The Kier molecular flexibility index (Phi) is 5.34. The van der Waals surface area contributed by atoms with Crippen molar-refractivity contribution in [3.8, 4) is 0 Å². The predicted molar refractivity (Wildman–Crippen MR) is 133 cm³/mol. The number of nitrogens with one attached hydrogen (secondary N) is 2. The van der Waals surface area contributed by atoms with Gasteiger partial charge < -0.3 is 14.3 Å². The topological polar surface area (TPSA) is 89.2 Å². The molecule has 0 aliphatic carbocycles. The molecule has 0 radical (unpaired) electrons. The maximum atomic E-state index is 13.1. The molecule has 7 nitrogen and oxygen atoms in total. The van der Waals surface area contributed by atoms with Crippen LogP contribution in [0.4, 0.5) is 0 Å². The zero-order valence-corrected chi connectivity index (χ0v) is 19.7. The predicted octanol–water partition coefficient (Wildman–Crippen LogP) is 4.33. The van der Waals surface area contributed by atoms with Crippen molar-refractivity contribution in [3.63, 3.8) is 0 Å². The summed E-state index contributed by atoms with van der Waals surface area (Å²) in [5.41, 5.74) is 3.59. The van der Waals surface area contributed by atoms with E-state index in [9.17, 15) is 9.59 Å². The number of nitrogens with zero attached hydrogens (tertiary/aromatic N) is 2. The summed E-state index contributed by atoms with van der Waals surface area (Å²) in [6.45, 7) is 6.38. The van der Waals surface area contributed by atoms with Gasteiger partial charge in [0.05, 0.1) is 17.4 Å². The van der Waals surface area contributed by atoms with Gasteiger partial charge in [-0.25, -0.2) is 0 Å². The first-order valence-corrected chi connectivity index (χ1v) is 11.2. The summed E-state index contributed by atoms with van der Waals surface area (Å²) in [7, 11) is 0. The van der Waals surface area contributed by atoms with Crippen molar-refractivity contribution in [1.82, 2.24) is 20.2 Å². The maximum Gasteiger partial charge on any atom is 0.259 e. The van der Waals surface area contributed by atoms with Gasteiger partial charge in [-0.1, -0.05) is 32.0 Å². The lowest BCUT2D eigenvalue weighted by Crippen LogP contribution is -2.43. The number of hydrogen-bond donors (Lipinski definition) is 2. The van der Waals surface area contributed by atoms with Gasteiger partial charge in [-0.2, -0.15) is 0 Å². The molecule has 5 heterocycles. The van der Waals surface area contributed by atoms with Gasteiger partial charge in [-0.3, -0.25) is 19.9 Å². The van der Waals surface area contributed by atoms with Crippen molar-refractivity contribution >= 4 is 57.2 Å². The van der Waals surface area contributed by atoms with E-state index in [1.807, 2.05) is 24.4 Å². The molecule has 1 saturated heterocycles. The van der Waals surface area contributed by atoms with E-state index in [0.29, 0.717) is 22.3 Å². The highest BCUT2D eigenvalue weighted by atomic mass is 35.5. The Morgan fingerprint density at radius 1 is 1.06 bits per heavy atom. The van der Waals surface area contributed by atoms with E-state index in [4.69, 9.17) is 4.42 Å². The number of furan rings is 1. The molecule has 0 saturated carbocycles. The van der Waals surface area contributed by atoms with Gasteiger partial charge in [0.15, 0.2) is 0 Å². The third-order valence-electron chi connectivity index (χ3n) is 6.98. The molecule has 2 amide bonds. The fourth-order valence-electron chi connectivity index (χ4n) is 5.37. The number of para-hydroxylation sites is 1. The van der Waals surface area contributed by atoms with Crippen LogP contribution in [0.15, 0.2) is 59.6 Å². The quantitative estimate of drug-likeness (QED) is 0.429. The molecule has 0 spiro atoms. The van der Waals surface area contributed by atoms with Crippen LogP contribution in [0.3, 0.4) is 0 Å². The Morgan fingerprint density at radius 3 is 2.62 bits per heavy atom. The van der Waals surface area contributed by atoms with E-state index >= 15 is 0 Å². The second-order valence-corrected chi connectivity index (χ2v) is 9.50. The normalized spacial score (nSPS) is 20.1. The SMILES string of the molecule is CC1(C)CNCCC1n1cc(C2=C(c3cncc4ccoc34)C(=O)NC2=O)c2ccccc21.Cl. The lowest BCUT2D eigenvalue weighted by molar-refractivity contribution is -0.122. The Bertz CT molecular complexity index is 1480. The Hall–Kier alpha value is -3.42. The largest absolute Gasteiger partial charge is 0.464 e. The Morgan fingerprint density at radius 2 is 1.82 bits per heavy atom. The van der Waals surface area contributed by atoms with Gasteiger partial charge >= 0.3 is 0 Å². The molecule has 2 aliphatic rings. The molecule has 2 aliphatic heterocycles. The molecule has 1 atom stereocenters. The molecule has 4 aromatic rings. The van der Waals surface area contributed by atoms with Crippen molar-refractivity contribution < 1.29 is 14.0 Å². The molecule has 1 aromatic carbocycles. The standard InChI is InChI=1S/C26H24N4O3.ClH/c1-26(2)14-27-9-7-20(26)30-13-18(16-5-3-4-6-19(16)30)22-21(24(31)29-25(22)32)17-12-28-11-15-8-10-33-23(15)17;/h3-6,8,10-13,20,27H,7,9,14H2,1-2H3,(H,29,31,32);1H. The molecule has 1 unspecified atom stereocenters. The number of rotatable bonds is 3. The average Bonchev–Trinajstić information content (AvgIpc) is 3.49. The van der Waals surface area contributed by atoms with Crippen molar-refractivity contribution in [1.29, 1.82) is 0 Å². The maximum absolute atomic E-state index is 13.1. The fourth-order valence-corrected chi connectivity index (χ4v) is 5.37. The molecule has 1 fully saturated rings. The lowest BCUT2D eigenvalue weighted by Gasteiger charge is -2.40. The molecule has 0 bridgehead atoms. The molecule has 3 aromatic heterocycles. The van der Waals surface area contributed by atoms with Gasteiger partial charge in [0.25, 0.3) is 11.8 Å². The first kappa shape index (κ1) is 22.4. The molecule has 34 heavy (non-hydrogen) atoms. The van der Waals surface area contributed by atoms with E-state index in [-0.39, 0.29) is 23.9 Å². The first-order chi connectivity index (χ1) is 16.0. The van der Waals surface area contributed by atoms with Gasteiger partial charge in [-0.05, 0) is 30.5 Å². The summed E-state index contributed by atoms with van der Waals surface area (Å²) < 4.78 is 7.96. The third-order valence-corrected chi connectivity index (χ3v) is 6.98. The summed E-state index contributed by atoms with van der Waals surface area (Å²) in [6.07, 6.45) is 7.87. The number of halogens is 1. The van der Waals surface area contributed by atoms with E-state index in [2.05, 4.69) is 40.1 Å². The minimum atomic E-state index is -0.431. The van der Waals surface area contributed by atoms with E-state index in [0.717, 1.165) is 41.4 Å². The van der Waals surface area contributed by atoms with Crippen LogP contribution in [0, 0.1) is 5.41 Å². The number of piperidine rings is 1. The zero-order chi connectivity index (χ0) is 22.7. The lowest BCUT2D eigenvalue weighted by atomic mass is 9.80. The van der Waals surface area contributed by atoms with Crippen molar-refractivity contribution in [2.75, 3.05) is 13.1 Å². The van der Waals surface area contributed by atoms with Crippen LogP contribution in [0.5, 0.6) is 0 Å². The summed E-state index contributed by atoms with van der Waals surface area (Å²) in [5, 5.41) is 7.72. The number of carbonyl (C=O) groups is 2. The van der Waals surface area contributed by atoms with Crippen LogP contribution in [-0.2, 0) is 9.59 Å². The highest BCUT2D eigenvalue weighted by molar-refractivity contribution is 6.50. The Balaban J connectivity index is 0.00000241. The molecular formula is C26H25ClN4O3. The van der Waals surface area contributed by atoms with E-state index < -0.39 is 11.8 Å². The highest BCUT2D eigenvalue weighted by Gasteiger charge is 2.38.